The Kier molecular flexibility index (Phi) is 1.96. The summed E-state index contributed by atoms with van der Waals surface area (Å²) in [6.07, 6.45) is 3.53. The van der Waals surface area contributed by atoms with Crippen LogP contribution in [0.3, 0.4) is 0 Å². The highest BCUT2D eigenvalue weighted by atomic mass is 127. The van der Waals surface area contributed by atoms with Gasteiger partial charge in [0.2, 0.25) is 0 Å². The van der Waals surface area contributed by atoms with Crippen molar-refractivity contribution in [3.63, 3.8) is 0 Å². The number of rotatable bonds is 0. The topological polar surface area (TPSA) is 30.7 Å². The van der Waals surface area contributed by atoms with Crippen molar-refractivity contribution >= 4 is 45.4 Å². The molecule has 2 rings (SSSR count). The Morgan fingerprint density at radius 3 is 3.08 bits per heavy atom. The van der Waals surface area contributed by atoms with Crippen molar-refractivity contribution < 1.29 is 0 Å². The van der Waals surface area contributed by atoms with E-state index in [1.54, 1.807) is 6.20 Å². The SMILES string of the molecule is Cn1cc(I)c2nc(Cl)cnc21. The minimum atomic E-state index is 0.437. The van der Waals surface area contributed by atoms with Crippen LogP contribution >= 0.6 is 34.2 Å². The van der Waals surface area contributed by atoms with Gasteiger partial charge in [-0.1, -0.05) is 11.6 Å². The molecular formula is C7H5ClIN3. The zero-order valence-electron chi connectivity index (χ0n) is 6.25. The Hall–Kier alpha value is -0.360. The van der Waals surface area contributed by atoms with Gasteiger partial charge in [0.1, 0.15) is 10.7 Å². The molecule has 0 N–H and O–H groups in total. The molecule has 0 aliphatic heterocycles. The first-order chi connectivity index (χ1) is 5.68. The molecule has 3 nitrogen and oxygen atoms in total. The number of hydrogen-bond donors (Lipinski definition) is 0. The number of aryl methyl sites for hydroxylation is 1. The fraction of sp³-hybridized carbons (Fsp3) is 0.143. The molecule has 5 heteroatoms. The van der Waals surface area contributed by atoms with E-state index in [-0.39, 0.29) is 0 Å². The Balaban J connectivity index is 2.90. The van der Waals surface area contributed by atoms with E-state index in [0.29, 0.717) is 5.15 Å². The Morgan fingerprint density at radius 1 is 1.58 bits per heavy atom. The van der Waals surface area contributed by atoms with Gasteiger partial charge in [0.25, 0.3) is 0 Å². The zero-order chi connectivity index (χ0) is 8.72. The summed E-state index contributed by atoms with van der Waals surface area (Å²) in [5.41, 5.74) is 1.73. The predicted molar refractivity (Wildman–Crippen MR) is 56.2 cm³/mol. The molecule has 0 aliphatic carbocycles. The van der Waals surface area contributed by atoms with Gasteiger partial charge in [-0.05, 0) is 22.6 Å². The molecule has 0 aromatic carbocycles. The fourth-order valence-corrected chi connectivity index (χ4v) is 1.98. The van der Waals surface area contributed by atoms with Gasteiger partial charge in [0.15, 0.2) is 5.65 Å². The summed E-state index contributed by atoms with van der Waals surface area (Å²) < 4.78 is 3.00. The normalized spacial score (nSPS) is 10.9. The first-order valence-electron chi connectivity index (χ1n) is 3.31. The Bertz CT molecular complexity index is 437. The average molecular weight is 293 g/mol. The van der Waals surface area contributed by atoms with Gasteiger partial charge in [0, 0.05) is 13.2 Å². The second-order valence-corrected chi connectivity index (χ2v) is 4.00. The lowest BCUT2D eigenvalue weighted by Crippen LogP contribution is -1.88. The van der Waals surface area contributed by atoms with Crippen LogP contribution in [0.1, 0.15) is 0 Å². The van der Waals surface area contributed by atoms with Crippen LogP contribution in [0.15, 0.2) is 12.4 Å². The zero-order valence-corrected chi connectivity index (χ0v) is 9.17. The summed E-state index contributed by atoms with van der Waals surface area (Å²) in [6.45, 7) is 0. The van der Waals surface area contributed by atoms with Crippen molar-refractivity contribution in [2.24, 2.45) is 7.05 Å². The van der Waals surface area contributed by atoms with Crippen molar-refractivity contribution in [2.75, 3.05) is 0 Å². The predicted octanol–water partition coefficient (Wildman–Crippen LogP) is 2.23. The Labute approximate surface area is 87.9 Å². The van der Waals surface area contributed by atoms with Gasteiger partial charge in [-0.15, -0.1) is 0 Å². The smallest absolute Gasteiger partial charge is 0.159 e. The molecule has 2 aromatic rings. The lowest BCUT2D eigenvalue weighted by atomic mass is 10.5. The van der Waals surface area contributed by atoms with E-state index in [9.17, 15) is 0 Å². The monoisotopic (exact) mass is 293 g/mol. The van der Waals surface area contributed by atoms with Gasteiger partial charge in [-0.3, -0.25) is 0 Å². The molecule has 0 saturated carbocycles. The highest BCUT2D eigenvalue weighted by Crippen LogP contribution is 2.19. The van der Waals surface area contributed by atoms with E-state index < -0.39 is 0 Å². The van der Waals surface area contributed by atoms with E-state index in [2.05, 4.69) is 32.6 Å². The number of nitrogens with zero attached hydrogens (tertiary/aromatic N) is 3. The molecule has 0 radical (unpaired) electrons. The summed E-state index contributed by atoms with van der Waals surface area (Å²) in [6, 6.07) is 0. The summed E-state index contributed by atoms with van der Waals surface area (Å²) in [5, 5.41) is 0.437. The van der Waals surface area contributed by atoms with E-state index in [1.165, 1.54) is 0 Å². The minimum Gasteiger partial charge on any atom is -0.333 e. The lowest BCUT2D eigenvalue weighted by molar-refractivity contribution is 0.944. The first kappa shape index (κ1) is 8.25. The molecule has 12 heavy (non-hydrogen) atoms. The molecule has 2 aromatic heterocycles. The van der Waals surface area contributed by atoms with Crippen LogP contribution in [0.4, 0.5) is 0 Å². The van der Waals surface area contributed by atoms with E-state index in [4.69, 9.17) is 11.6 Å². The second-order valence-electron chi connectivity index (χ2n) is 2.45. The first-order valence-corrected chi connectivity index (χ1v) is 4.77. The molecule has 0 amide bonds. The fourth-order valence-electron chi connectivity index (χ4n) is 1.07. The Morgan fingerprint density at radius 2 is 2.33 bits per heavy atom. The molecule has 0 unspecified atom stereocenters. The highest BCUT2D eigenvalue weighted by molar-refractivity contribution is 14.1. The largest absolute Gasteiger partial charge is 0.333 e. The standard InChI is InChI=1S/C7H5ClIN3/c1-12-3-4(9)6-7(12)10-2-5(8)11-6/h2-3H,1H3. The van der Waals surface area contributed by atoms with E-state index >= 15 is 0 Å². The highest BCUT2D eigenvalue weighted by Gasteiger charge is 2.06. The second kappa shape index (κ2) is 2.85. The number of aromatic nitrogens is 3. The van der Waals surface area contributed by atoms with Crippen LogP contribution in [-0.2, 0) is 7.05 Å². The van der Waals surface area contributed by atoms with Crippen LogP contribution in [0, 0.1) is 3.57 Å². The van der Waals surface area contributed by atoms with Gasteiger partial charge in [-0.25, -0.2) is 9.97 Å². The van der Waals surface area contributed by atoms with Crippen LogP contribution in [0.25, 0.3) is 11.2 Å². The van der Waals surface area contributed by atoms with E-state index in [1.807, 2.05) is 17.8 Å². The van der Waals surface area contributed by atoms with E-state index in [0.717, 1.165) is 14.7 Å². The molecular weight excluding hydrogens is 288 g/mol. The third kappa shape index (κ3) is 1.19. The number of hydrogen-bond acceptors (Lipinski definition) is 2. The summed E-state index contributed by atoms with van der Waals surface area (Å²) >= 11 is 7.93. The molecule has 0 spiro atoms. The maximum atomic E-state index is 5.71. The van der Waals surface area contributed by atoms with Crippen LogP contribution in [0.5, 0.6) is 0 Å². The van der Waals surface area contributed by atoms with Crippen molar-refractivity contribution in [2.45, 2.75) is 0 Å². The quantitative estimate of drug-likeness (QED) is 0.697. The van der Waals surface area contributed by atoms with Crippen LogP contribution in [-0.4, -0.2) is 14.5 Å². The van der Waals surface area contributed by atoms with Crippen LogP contribution in [0.2, 0.25) is 5.15 Å². The third-order valence-corrected chi connectivity index (χ3v) is 2.56. The van der Waals surface area contributed by atoms with Crippen molar-refractivity contribution in [3.05, 3.63) is 21.1 Å². The summed E-state index contributed by atoms with van der Waals surface area (Å²) in [7, 11) is 1.94. The number of halogens is 2. The van der Waals surface area contributed by atoms with Crippen LogP contribution < -0.4 is 0 Å². The molecule has 0 fully saturated rings. The molecule has 62 valence electrons. The van der Waals surface area contributed by atoms with Crippen molar-refractivity contribution in [3.8, 4) is 0 Å². The van der Waals surface area contributed by atoms with Gasteiger partial charge in [-0.2, -0.15) is 0 Å². The van der Waals surface area contributed by atoms with Gasteiger partial charge < -0.3 is 4.57 Å². The number of fused-ring (bicyclic) bond motifs is 1. The summed E-state index contributed by atoms with van der Waals surface area (Å²) in [5.74, 6) is 0. The maximum absolute atomic E-state index is 5.71. The van der Waals surface area contributed by atoms with Crippen molar-refractivity contribution in [1.29, 1.82) is 0 Å². The molecule has 0 saturated heterocycles. The van der Waals surface area contributed by atoms with Gasteiger partial charge >= 0.3 is 0 Å². The minimum absolute atomic E-state index is 0.437. The third-order valence-electron chi connectivity index (χ3n) is 1.59. The maximum Gasteiger partial charge on any atom is 0.159 e. The molecule has 0 bridgehead atoms. The lowest BCUT2D eigenvalue weighted by Gasteiger charge is -1.93. The molecule has 0 aliphatic rings. The summed E-state index contributed by atoms with van der Waals surface area (Å²) in [4.78, 5) is 8.34. The molecule has 2 heterocycles. The van der Waals surface area contributed by atoms with Crippen molar-refractivity contribution in [1.82, 2.24) is 14.5 Å². The molecule has 0 atom stereocenters. The van der Waals surface area contributed by atoms with Gasteiger partial charge in [0.05, 0.1) is 9.77 Å². The average Bonchev–Trinajstić information content (AvgIpc) is 2.28.